The van der Waals surface area contributed by atoms with E-state index in [-0.39, 0.29) is 6.10 Å². The Kier molecular flexibility index (Phi) is 5.98. The van der Waals surface area contributed by atoms with Gasteiger partial charge >= 0.3 is 0 Å². The first-order chi connectivity index (χ1) is 13.7. The van der Waals surface area contributed by atoms with Crippen molar-refractivity contribution in [2.75, 3.05) is 0 Å². The molecule has 4 aliphatic rings. The molecule has 1 N–H and O–H groups in total. The van der Waals surface area contributed by atoms with Gasteiger partial charge in [0, 0.05) is 0 Å². The molecule has 0 aliphatic heterocycles. The highest BCUT2D eigenvalue weighted by molar-refractivity contribution is 5.14. The van der Waals surface area contributed by atoms with Crippen molar-refractivity contribution < 1.29 is 5.11 Å². The van der Waals surface area contributed by atoms with Crippen molar-refractivity contribution in [2.24, 2.45) is 51.8 Å². The first-order valence-corrected chi connectivity index (χ1v) is 13.3. The largest absolute Gasteiger partial charge is 0.393 e. The minimum atomic E-state index is -0.0173. The molecule has 10 unspecified atom stereocenters. The second-order valence-corrected chi connectivity index (χ2v) is 13.0. The molecule has 0 heterocycles. The van der Waals surface area contributed by atoms with Crippen LogP contribution in [0.25, 0.3) is 0 Å². The molecule has 0 bridgehead atoms. The minimum absolute atomic E-state index is 0.0173. The van der Waals surface area contributed by atoms with E-state index in [1.807, 2.05) is 0 Å². The maximum Gasteiger partial charge on any atom is 0.0543 e. The van der Waals surface area contributed by atoms with Crippen LogP contribution in [0.15, 0.2) is 0 Å². The number of hydrogen-bond donors (Lipinski definition) is 1. The van der Waals surface area contributed by atoms with E-state index in [0.717, 1.165) is 48.3 Å². The van der Waals surface area contributed by atoms with E-state index in [1.165, 1.54) is 64.2 Å². The topological polar surface area (TPSA) is 20.2 Å². The van der Waals surface area contributed by atoms with E-state index < -0.39 is 0 Å². The summed E-state index contributed by atoms with van der Waals surface area (Å²) < 4.78 is 0. The van der Waals surface area contributed by atoms with Crippen LogP contribution in [0.2, 0.25) is 0 Å². The van der Waals surface area contributed by atoms with Crippen LogP contribution < -0.4 is 0 Å². The third-order valence-corrected chi connectivity index (χ3v) is 12.1. The summed E-state index contributed by atoms with van der Waals surface area (Å²) in [6, 6.07) is 0. The quantitative estimate of drug-likeness (QED) is 0.496. The smallest absolute Gasteiger partial charge is 0.0543 e. The summed E-state index contributed by atoms with van der Waals surface area (Å²) in [5, 5.41) is 10.3. The third kappa shape index (κ3) is 3.35. The lowest BCUT2D eigenvalue weighted by Crippen LogP contribution is -2.58. The number of hydrogen-bond acceptors (Lipinski definition) is 1. The molecule has 0 aromatic rings. The van der Waals surface area contributed by atoms with Crippen molar-refractivity contribution >= 4 is 0 Å². The van der Waals surface area contributed by atoms with E-state index in [2.05, 4.69) is 41.5 Å². The predicted octanol–water partition coefficient (Wildman–Crippen LogP) is 7.86. The van der Waals surface area contributed by atoms with Gasteiger partial charge in [0.1, 0.15) is 0 Å². The van der Waals surface area contributed by atoms with Gasteiger partial charge in [0.25, 0.3) is 0 Å². The summed E-state index contributed by atoms with van der Waals surface area (Å²) in [6.07, 6.45) is 16.3. The molecule has 10 atom stereocenters. The summed E-state index contributed by atoms with van der Waals surface area (Å²) >= 11 is 0. The molecule has 0 spiro atoms. The average molecular weight is 403 g/mol. The van der Waals surface area contributed by atoms with Crippen LogP contribution in [-0.4, -0.2) is 11.2 Å². The Morgan fingerprint density at radius 3 is 2.28 bits per heavy atom. The molecule has 1 heteroatoms. The second kappa shape index (κ2) is 7.83. The Balaban J connectivity index is 1.53. The van der Waals surface area contributed by atoms with Gasteiger partial charge in [-0.1, -0.05) is 60.8 Å². The van der Waals surface area contributed by atoms with Gasteiger partial charge in [-0.05, 0) is 110 Å². The molecule has 4 saturated carbocycles. The maximum atomic E-state index is 10.3. The summed E-state index contributed by atoms with van der Waals surface area (Å²) in [5.41, 5.74) is 1.61. The standard InChI is InChI=1S/C28H50O/c1-7-19(2)8-9-20(3)23-13-16-28(6)25-11-10-21-18-22(29)12-15-26(21,4)24(25)14-17-27(23,28)5/h19-25,29H,7-18H2,1-6H3. The van der Waals surface area contributed by atoms with E-state index in [1.54, 1.807) is 0 Å². The van der Waals surface area contributed by atoms with E-state index in [0.29, 0.717) is 16.2 Å². The fourth-order valence-corrected chi connectivity index (χ4v) is 9.55. The molecule has 29 heavy (non-hydrogen) atoms. The van der Waals surface area contributed by atoms with E-state index in [9.17, 15) is 5.11 Å². The molecule has 0 radical (unpaired) electrons. The van der Waals surface area contributed by atoms with Crippen molar-refractivity contribution in [1.29, 1.82) is 0 Å². The van der Waals surface area contributed by atoms with Gasteiger partial charge < -0.3 is 5.11 Å². The van der Waals surface area contributed by atoms with Crippen LogP contribution in [0.5, 0.6) is 0 Å². The van der Waals surface area contributed by atoms with Crippen molar-refractivity contribution in [3.63, 3.8) is 0 Å². The Morgan fingerprint density at radius 2 is 1.55 bits per heavy atom. The molecule has 0 aromatic carbocycles. The van der Waals surface area contributed by atoms with Gasteiger partial charge in [0.2, 0.25) is 0 Å². The number of rotatable bonds is 5. The number of aliphatic hydroxyl groups excluding tert-OH is 1. The van der Waals surface area contributed by atoms with Crippen molar-refractivity contribution in [3.8, 4) is 0 Å². The van der Waals surface area contributed by atoms with Crippen molar-refractivity contribution in [2.45, 2.75) is 125 Å². The molecule has 168 valence electrons. The summed E-state index contributed by atoms with van der Waals surface area (Å²) in [6.45, 7) is 15.5. The lowest BCUT2D eigenvalue weighted by atomic mass is 9.40. The predicted molar refractivity (Wildman–Crippen MR) is 124 cm³/mol. The van der Waals surface area contributed by atoms with Crippen LogP contribution >= 0.6 is 0 Å². The maximum absolute atomic E-state index is 10.3. The van der Waals surface area contributed by atoms with Crippen molar-refractivity contribution in [1.82, 2.24) is 0 Å². The average Bonchev–Trinajstić information content (AvgIpc) is 2.98. The first-order valence-electron chi connectivity index (χ1n) is 13.3. The second-order valence-electron chi connectivity index (χ2n) is 13.0. The highest BCUT2D eigenvalue weighted by atomic mass is 16.3. The van der Waals surface area contributed by atoms with Gasteiger partial charge in [-0.3, -0.25) is 0 Å². The Hall–Kier alpha value is -0.0400. The van der Waals surface area contributed by atoms with Gasteiger partial charge in [-0.2, -0.15) is 0 Å². The van der Waals surface area contributed by atoms with Gasteiger partial charge in [0.15, 0.2) is 0 Å². The zero-order valence-electron chi connectivity index (χ0n) is 20.5. The molecule has 0 saturated heterocycles. The van der Waals surface area contributed by atoms with Crippen LogP contribution in [0.1, 0.15) is 119 Å². The summed E-state index contributed by atoms with van der Waals surface area (Å²) in [4.78, 5) is 0. The van der Waals surface area contributed by atoms with Gasteiger partial charge in [-0.25, -0.2) is 0 Å². The summed E-state index contributed by atoms with van der Waals surface area (Å²) in [5.74, 6) is 5.36. The molecule has 4 fully saturated rings. The summed E-state index contributed by atoms with van der Waals surface area (Å²) in [7, 11) is 0. The normalized spacial score (nSPS) is 51.6. The lowest BCUT2D eigenvalue weighted by Gasteiger charge is -2.65. The SMILES string of the molecule is CCC(C)CCC(C)C1CCC2(C)C3CCC4CC(O)CCC4(C)C3CCC12C. The van der Waals surface area contributed by atoms with E-state index in [4.69, 9.17) is 0 Å². The fraction of sp³-hybridized carbons (Fsp3) is 1.00. The van der Waals surface area contributed by atoms with Crippen molar-refractivity contribution in [3.05, 3.63) is 0 Å². The van der Waals surface area contributed by atoms with Crippen LogP contribution in [0.3, 0.4) is 0 Å². The zero-order valence-corrected chi connectivity index (χ0v) is 20.5. The number of aliphatic hydroxyl groups is 1. The van der Waals surface area contributed by atoms with Crippen LogP contribution in [0, 0.1) is 51.8 Å². The third-order valence-electron chi connectivity index (χ3n) is 12.1. The zero-order chi connectivity index (χ0) is 21.0. The van der Waals surface area contributed by atoms with Gasteiger partial charge in [-0.15, -0.1) is 0 Å². The Morgan fingerprint density at radius 1 is 0.828 bits per heavy atom. The first kappa shape index (κ1) is 22.2. The van der Waals surface area contributed by atoms with Gasteiger partial charge in [0.05, 0.1) is 6.10 Å². The fourth-order valence-electron chi connectivity index (χ4n) is 9.55. The lowest BCUT2D eigenvalue weighted by molar-refractivity contribution is -0.165. The molecule has 0 amide bonds. The molecule has 0 aromatic heterocycles. The highest BCUT2D eigenvalue weighted by Gasteiger charge is 2.65. The van der Waals surface area contributed by atoms with Crippen LogP contribution in [-0.2, 0) is 0 Å². The highest BCUT2D eigenvalue weighted by Crippen LogP contribution is 2.73. The molecular weight excluding hydrogens is 352 g/mol. The molecule has 4 aliphatic carbocycles. The molecule has 4 rings (SSSR count). The van der Waals surface area contributed by atoms with E-state index >= 15 is 0 Å². The number of fused-ring (bicyclic) bond motifs is 5. The Bertz CT molecular complexity index is 585. The monoisotopic (exact) mass is 402 g/mol. The molecule has 1 nitrogen and oxygen atoms in total. The molecular formula is C28H50O. The Labute approximate surface area is 181 Å². The minimum Gasteiger partial charge on any atom is -0.393 e. The van der Waals surface area contributed by atoms with Crippen LogP contribution in [0.4, 0.5) is 0 Å².